The van der Waals surface area contributed by atoms with Gasteiger partial charge in [-0.2, -0.15) is 0 Å². The van der Waals surface area contributed by atoms with Gasteiger partial charge in [-0.15, -0.1) is 11.3 Å². The number of ether oxygens (including phenoxy) is 1. The lowest BCUT2D eigenvalue weighted by atomic mass is 10.0. The highest BCUT2D eigenvalue weighted by Gasteiger charge is 2.17. The van der Waals surface area contributed by atoms with Crippen molar-refractivity contribution in [2.75, 3.05) is 13.7 Å². The quantitative estimate of drug-likeness (QED) is 0.820. The topological polar surface area (TPSA) is 41.5 Å². The van der Waals surface area contributed by atoms with E-state index in [0.717, 1.165) is 17.7 Å². The van der Waals surface area contributed by atoms with Crippen LogP contribution in [0.4, 0.5) is 0 Å². The van der Waals surface area contributed by atoms with Gasteiger partial charge in [-0.05, 0) is 35.6 Å². The summed E-state index contributed by atoms with van der Waals surface area (Å²) in [5, 5.41) is 15.3. The van der Waals surface area contributed by atoms with Gasteiger partial charge in [-0.25, -0.2) is 0 Å². The molecule has 1 aromatic heterocycles. The third kappa shape index (κ3) is 3.60. The van der Waals surface area contributed by atoms with E-state index in [9.17, 15) is 5.11 Å². The van der Waals surface area contributed by atoms with E-state index in [4.69, 9.17) is 4.74 Å². The maximum Gasteiger partial charge on any atom is 0.119 e. The van der Waals surface area contributed by atoms with E-state index in [0.29, 0.717) is 0 Å². The predicted molar refractivity (Wildman–Crippen MR) is 83.3 cm³/mol. The lowest BCUT2D eigenvalue weighted by Gasteiger charge is -2.23. The summed E-state index contributed by atoms with van der Waals surface area (Å²) in [5.41, 5.74) is 1.04. The first-order valence-corrected chi connectivity index (χ1v) is 7.70. The molecular formula is C16H21NO2S. The van der Waals surface area contributed by atoms with Crippen LogP contribution in [-0.2, 0) is 0 Å². The molecule has 2 atom stereocenters. The van der Waals surface area contributed by atoms with Crippen LogP contribution in [0.3, 0.4) is 0 Å². The standard InChI is InChI=1S/C16H21NO2S/c1-3-14(16-8-5-9-20-16)17-15(11-18)12-6-4-7-13(10-12)19-2/h4-10,14-15,17-18H,3,11H2,1-2H3. The number of thiophene rings is 1. The first kappa shape index (κ1) is 15.0. The summed E-state index contributed by atoms with van der Waals surface area (Å²) in [6.07, 6.45) is 0.987. The van der Waals surface area contributed by atoms with Gasteiger partial charge in [-0.1, -0.05) is 25.1 Å². The van der Waals surface area contributed by atoms with Gasteiger partial charge in [0.25, 0.3) is 0 Å². The van der Waals surface area contributed by atoms with Crippen molar-refractivity contribution in [2.24, 2.45) is 0 Å². The van der Waals surface area contributed by atoms with E-state index in [1.807, 2.05) is 24.3 Å². The molecule has 2 rings (SSSR count). The van der Waals surface area contributed by atoms with E-state index >= 15 is 0 Å². The minimum absolute atomic E-state index is 0.0645. The molecule has 2 unspecified atom stereocenters. The number of aliphatic hydroxyl groups excluding tert-OH is 1. The first-order valence-electron chi connectivity index (χ1n) is 6.82. The van der Waals surface area contributed by atoms with Crippen molar-refractivity contribution in [3.8, 4) is 5.75 Å². The zero-order chi connectivity index (χ0) is 14.4. The second-order valence-corrected chi connectivity index (χ2v) is 5.63. The van der Waals surface area contributed by atoms with Gasteiger partial charge in [-0.3, -0.25) is 0 Å². The Morgan fingerprint density at radius 3 is 2.70 bits per heavy atom. The fourth-order valence-electron chi connectivity index (χ4n) is 2.25. The van der Waals surface area contributed by atoms with Crippen molar-refractivity contribution in [3.63, 3.8) is 0 Å². The maximum atomic E-state index is 9.69. The molecule has 4 heteroatoms. The number of aliphatic hydroxyl groups is 1. The SMILES string of the molecule is CCC(NC(CO)c1cccc(OC)c1)c1cccs1. The van der Waals surface area contributed by atoms with Gasteiger partial charge < -0.3 is 15.2 Å². The second-order valence-electron chi connectivity index (χ2n) is 4.65. The fraction of sp³-hybridized carbons (Fsp3) is 0.375. The summed E-state index contributed by atoms with van der Waals surface area (Å²) >= 11 is 1.74. The molecule has 0 fully saturated rings. The third-order valence-corrected chi connectivity index (χ3v) is 4.36. The molecule has 0 aliphatic carbocycles. The fourth-order valence-corrected chi connectivity index (χ4v) is 3.12. The first-order chi connectivity index (χ1) is 9.78. The van der Waals surface area contributed by atoms with Crippen molar-refractivity contribution < 1.29 is 9.84 Å². The van der Waals surface area contributed by atoms with Crippen LogP contribution in [0.5, 0.6) is 5.75 Å². The van der Waals surface area contributed by atoms with Crippen LogP contribution in [0, 0.1) is 0 Å². The molecule has 0 radical (unpaired) electrons. The molecule has 1 heterocycles. The van der Waals surface area contributed by atoms with Crippen LogP contribution < -0.4 is 10.1 Å². The Labute approximate surface area is 124 Å². The number of hydrogen-bond acceptors (Lipinski definition) is 4. The Morgan fingerprint density at radius 2 is 2.10 bits per heavy atom. The molecule has 20 heavy (non-hydrogen) atoms. The van der Waals surface area contributed by atoms with Gasteiger partial charge in [0.15, 0.2) is 0 Å². The zero-order valence-corrected chi connectivity index (χ0v) is 12.7. The molecule has 0 aliphatic heterocycles. The third-order valence-electron chi connectivity index (χ3n) is 3.38. The molecule has 0 saturated carbocycles. The molecule has 108 valence electrons. The number of nitrogens with one attached hydrogen (secondary N) is 1. The highest BCUT2D eigenvalue weighted by molar-refractivity contribution is 7.10. The molecule has 0 amide bonds. The van der Waals surface area contributed by atoms with Gasteiger partial charge in [0, 0.05) is 10.9 Å². The Morgan fingerprint density at radius 1 is 1.25 bits per heavy atom. The molecule has 1 aromatic carbocycles. The van der Waals surface area contributed by atoms with Crippen LogP contribution in [0.1, 0.15) is 35.9 Å². The Kier molecular flexibility index (Phi) is 5.59. The van der Waals surface area contributed by atoms with E-state index in [-0.39, 0.29) is 18.7 Å². The Balaban J connectivity index is 2.15. The summed E-state index contributed by atoms with van der Waals surface area (Å²) in [6, 6.07) is 12.2. The van der Waals surface area contributed by atoms with Crippen molar-refractivity contribution in [2.45, 2.75) is 25.4 Å². The molecule has 3 nitrogen and oxygen atoms in total. The van der Waals surface area contributed by atoms with Gasteiger partial charge >= 0.3 is 0 Å². The lowest BCUT2D eigenvalue weighted by Crippen LogP contribution is -2.28. The normalized spacial score (nSPS) is 13.9. The van der Waals surface area contributed by atoms with E-state index in [2.05, 4.69) is 29.8 Å². The summed E-state index contributed by atoms with van der Waals surface area (Å²) in [5.74, 6) is 0.812. The molecular weight excluding hydrogens is 270 g/mol. The monoisotopic (exact) mass is 291 g/mol. The Hall–Kier alpha value is -1.36. The van der Waals surface area contributed by atoms with Crippen LogP contribution in [0.25, 0.3) is 0 Å². The van der Waals surface area contributed by atoms with Gasteiger partial charge in [0.2, 0.25) is 0 Å². The van der Waals surface area contributed by atoms with E-state index in [1.165, 1.54) is 4.88 Å². The number of rotatable bonds is 7. The molecule has 2 aromatic rings. The summed E-state index contributed by atoms with van der Waals surface area (Å²) in [6.45, 7) is 2.21. The smallest absolute Gasteiger partial charge is 0.119 e. The largest absolute Gasteiger partial charge is 0.497 e. The summed E-state index contributed by atoms with van der Waals surface area (Å²) in [4.78, 5) is 1.30. The van der Waals surface area contributed by atoms with Crippen LogP contribution in [0.2, 0.25) is 0 Å². The van der Waals surface area contributed by atoms with Crippen LogP contribution in [-0.4, -0.2) is 18.8 Å². The Bertz CT molecular complexity index is 513. The van der Waals surface area contributed by atoms with E-state index in [1.54, 1.807) is 18.4 Å². The molecule has 0 spiro atoms. The minimum Gasteiger partial charge on any atom is -0.497 e. The second kappa shape index (κ2) is 7.43. The van der Waals surface area contributed by atoms with Crippen molar-refractivity contribution in [1.82, 2.24) is 5.32 Å². The van der Waals surface area contributed by atoms with Crippen LogP contribution in [0.15, 0.2) is 41.8 Å². The summed E-state index contributed by atoms with van der Waals surface area (Å²) in [7, 11) is 1.65. The van der Waals surface area contributed by atoms with E-state index < -0.39 is 0 Å². The molecule has 0 saturated heterocycles. The maximum absolute atomic E-state index is 9.69. The minimum atomic E-state index is -0.0860. The lowest BCUT2D eigenvalue weighted by molar-refractivity contribution is 0.232. The molecule has 0 aliphatic rings. The average molecular weight is 291 g/mol. The van der Waals surface area contributed by atoms with Crippen molar-refractivity contribution in [1.29, 1.82) is 0 Å². The highest BCUT2D eigenvalue weighted by Crippen LogP contribution is 2.26. The molecule has 2 N–H and O–H groups in total. The van der Waals surface area contributed by atoms with Gasteiger partial charge in [0.05, 0.1) is 19.8 Å². The van der Waals surface area contributed by atoms with Crippen LogP contribution >= 0.6 is 11.3 Å². The zero-order valence-electron chi connectivity index (χ0n) is 11.9. The average Bonchev–Trinajstić information content (AvgIpc) is 3.03. The number of hydrogen-bond donors (Lipinski definition) is 2. The summed E-state index contributed by atoms with van der Waals surface area (Å²) < 4.78 is 5.25. The number of benzene rings is 1. The van der Waals surface area contributed by atoms with Crippen molar-refractivity contribution >= 4 is 11.3 Å². The number of methoxy groups -OCH3 is 1. The van der Waals surface area contributed by atoms with Gasteiger partial charge in [0.1, 0.15) is 5.75 Å². The van der Waals surface area contributed by atoms with Crippen molar-refractivity contribution in [3.05, 3.63) is 52.2 Å². The molecule has 0 bridgehead atoms. The predicted octanol–water partition coefficient (Wildman–Crippen LogP) is 3.53. The highest BCUT2D eigenvalue weighted by atomic mass is 32.1.